The van der Waals surface area contributed by atoms with Crippen molar-refractivity contribution in [1.82, 2.24) is 14.8 Å². The largest absolute Gasteiger partial charge is 0.465 e. The Morgan fingerprint density at radius 2 is 2.33 bits per heavy atom. The third-order valence-corrected chi connectivity index (χ3v) is 3.21. The van der Waals surface area contributed by atoms with Crippen LogP contribution in [0, 0.1) is 0 Å². The lowest BCUT2D eigenvalue weighted by molar-refractivity contribution is 0.0600. The van der Waals surface area contributed by atoms with Crippen LogP contribution in [0.2, 0.25) is 5.15 Å². The third kappa shape index (κ3) is 2.06. The summed E-state index contributed by atoms with van der Waals surface area (Å²) in [6.45, 7) is 4.10. The Hall–Kier alpha value is -1.62. The number of esters is 1. The molecule has 2 aromatic rings. The van der Waals surface area contributed by atoms with Gasteiger partial charge >= 0.3 is 5.97 Å². The summed E-state index contributed by atoms with van der Waals surface area (Å²) >= 11 is 6.07. The summed E-state index contributed by atoms with van der Waals surface area (Å²) in [5.41, 5.74) is 1.05. The molecule has 96 valence electrons. The molecule has 18 heavy (non-hydrogen) atoms. The van der Waals surface area contributed by atoms with Crippen molar-refractivity contribution >= 4 is 28.6 Å². The van der Waals surface area contributed by atoms with Crippen LogP contribution in [0.1, 0.15) is 36.7 Å². The molecule has 0 spiro atoms. The number of pyridine rings is 1. The number of fused-ring (bicyclic) bond motifs is 1. The van der Waals surface area contributed by atoms with E-state index >= 15 is 0 Å². The van der Waals surface area contributed by atoms with Gasteiger partial charge < -0.3 is 4.74 Å². The van der Waals surface area contributed by atoms with Crippen LogP contribution in [0.4, 0.5) is 0 Å². The van der Waals surface area contributed by atoms with Crippen molar-refractivity contribution in [2.45, 2.75) is 26.3 Å². The summed E-state index contributed by atoms with van der Waals surface area (Å²) in [5.74, 6) is -0.434. The maximum atomic E-state index is 11.4. The van der Waals surface area contributed by atoms with E-state index in [-0.39, 0.29) is 6.04 Å². The highest BCUT2D eigenvalue weighted by atomic mass is 35.5. The summed E-state index contributed by atoms with van der Waals surface area (Å²) in [7, 11) is 1.33. The van der Waals surface area contributed by atoms with Crippen molar-refractivity contribution in [1.29, 1.82) is 0 Å². The van der Waals surface area contributed by atoms with Crippen LogP contribution in [0.3, 0.4) is 0 Å². The highest BCUT2D eigenvalue weighted by molar-refractivity contribution is 6.34. The van der Waals surface area contributed by atoms with E-state index in [1.54, 1.807) is 10.7 Å². The van der Waals surface area contributed by atoms with E-state index in [0.29, 0.717) is 21.7 Å². The Bertz CT molecular complexity index is 594. The van der Waals surface area contributed by atoms with Crippen LogP contribution < -0.4 is 0 Å². The van der Waals surface area contributed by atoms with Crippen LogP contribution >= 0.6 is 11.6 Å². The average Bonchev–Trinajstić information content (AvgIpc) is 2.74. The van der Waals surface area contributed by atoms with Gasteiger partial charge in [-0.15, -0.1) is 0 Å². The number of ether oxygens (including phenoxy) is 1. The first-order valence-corrected chi connectivity index (χ1v) is 6.08. The van der Waals surface area contributed by atoms with Crippen LogP contribution in [0.15, 0.2) is 12.3 Å². The van der Waals surface area contributed by atoms with Crippen LogP contribution in [0.25, 0.3) is 11.0 Å². The Labute approximate surface area is 110 Å². The summed E-state index contributed by atoms with van der Waals surface area (Å²) in [4.78, 5) is 15.7. The Kier molecular flexibility index (Phi) is 3.52. The number of rotatable bonds is 3. The molecule has 0 saturated carbocycles. The van der Waals surface area contributed by atoms with Crippen LogP contribution in [-0.2, 0) is 4.74 Å². The van der Waals surface area contributed by atoms with E-state index in [9.17, 15) is 4.79 Å². The Morgan fingerprint density at radius 3 is 2.94 bits per heavy atom. The summed E-state index contributed by atoms with van der Waals surface area (Å²) in [6, 6.07) is 1.86. The quantitative estimate of drug-likeness (QED) is 0.803. The van der Waals surface area contributed by atoms with Gasteiger partial charge in [0.1, 0.15) is 0 Å². The highest BCUT2D eigenvalue weighted by Gasteiger charge is 2.16. The predicted molar refractivity (Wildman–Crippen MR) is 68.9 cm³/mol. The molecule has 2 rings (SSSR count). The topological polar surface area (TPSA) is 57.0 Å². The molecule has 1 atom stereocenters. The van der Waals surface area contributed by atoms with E-state index in [0.717, 1.165) is 6.42 Å². The molecule has 1 unspecified atom stereocenters. The minimum Gasteiger partial charge on any atom is -0.465 e. The SMILES string of the molecule is CCC(C)n1nc(Cl)c2cc(C(=O)OC)cnc21. The number of aromatic nitrogens is 3. The molecule has 0 aromatic carbocycles. The lowest BCUT2D eigenvalue weighted by Gasteiger charge is -2.09. The summed E-state index contributed by atoms with van der Waals surface area (Å²) in [6.07, 6.45) is 2.40. The molecule has 2 aromatic heterocycles. The van der Waals surface area contributed by atoms with Gasteiger partial charge in [-0.3, -0.25) is 0 Å². The van der Waals surface area contributed by atoms with Crippen molar-refractivity contribution < 1.29 is 9.53 Å². The van der Waals surface area contributed by atoms with Gasteiger partial charge in [0.15, 0.2) is 10.8 Å². The Balaban J connectivity index is 2.59. The molecular formula is C12H14ClN3O2. The van der Waals surface area contributed by atoms with Crippen LogP contribution in [0.5, 0.6) is 0 Å². The number of halogens is 1. The van der Waals surface area contributed by atoms with E-state index in [4.69, 9.17) is 11.6 Å². The molecule has 0 radical (unpaired) electrons. The van der Waals surface area contributed by atoms with Gasteiger partial charge in [0, 0.05) is 6.20 Å². The van der Waals surface area contributed by atoms with Gasteiger partial charge in [-0.05, 0) is 19.4 Å². The second-order valence-corrected chi connectivity index (χ2v) is 4.44. The number of hydrogen-bond donors (Lipinski definition) is 0. The van der Waals surface area contributed by atoms with Crippen molar-refractivity contribution in [2.24, 2.45) is 0 Å². The first kappa shape index (κ1) is 12.8. The lowest BCUT2D eigenvalue weighted by atomic mass is 10.2. The molecule has 0 amide bonds. The number of nitrogens with zero attached hydrogens (tertiary/aromatic N) is 3. The minimum atomic E-state index is -0.434. The molecule has 0 aliphatic heterocycles. The average molecular weight is 268 g/mol. The van der Waals surface area contributed by atoms with E-state index in [1.807, 2.05) is 6.92 Å². The van der Waals surface area contributed by atoms with Gasteiger partial charge in [-0.25, -0.2) is 14.5 Å². The number of methoxy groups -OCH3 is 1. The molecule has 2 heterocycles. The normalized spacial score (nSPS) is 12.7. The number of carbonyl (C=O) groups excluding carboxylic acids is 1. The zero-order chi connectivity index (χ0) is 13.3. The van der Waals surface area contributed by atoms with Gasteiger partial charge in [0.2, 0.25) is 0 Å². The first-order valence-electron chi connectivity index (χ1n) is 5.70. The summed E-state index contributed by atoms with van der Waals surface area (Å²) < 4.78 is 6.43. The fraction of sp³-hybridized carbons (Fsp3) is 0.417. The Morgan fingerprint density at radius 1 is 1.61 bits per heavy atom. The molecule has 0 aliphatic carbocycles. The molecule has 0 aliphatic rings. The van der Waals surface area contributed by atoms with Crippen molar-refractivity contribution in [3.63, 3.8) is 0 Å². The molecule has 0 saturated heterocycles. The third-order valence-electron chi connectivity index (χ3n) is 2.93. The monoisotopic (exact) mass is 267 g/mol. The molecule has 0 fully saturated rings. The molecule has 0 bridgehead atoms. The fourth-order valence-electron chi connectivity index (χ4n) is 1.70. The zero-order valence-electron chi connectivity index (χ0n) is 10.5. The number of carbonyl (C=O) groups is 1. The van der Waals surface area contributed by atoms with Gasteiger partial charge in [-0.2, -0.15) is 5.10 Å². The molecule has 6 heteroatoms. The first-order chi connectivity index (χ1) is 8.58. The second kappa shape index (κ2) is 4.94. The highest BCUT2D eigenvalue weighted by Crippen LogP contribution is 2.25. The number of hydrogen-bond acceptors (Lipinski definition) is 4. The van der Waals surface area contributed by atoms with Gasteiger partial charge in [0.25, 0.3) is 0 Å². The fourth-order valence-corrected chi connectivity index (χ4v) is 1.92. The van der Waals surface area contributed by atoms with Crippen molar-refractivity contribution in [3.05, 3.63) is 23.0 Å². The molecular weight excluding hydrogens is 254 g/mol. The predicted octanol–water partition coefficient (Wildman–Crippen LogP) is 2.84. The maximum Gasteiger partial charge on any atom is 0.339 e. The van der Waals surface area contributed by atoms with E-state index in [2.05, 4.69) is 21.7 Å². The zero-order valence-corrected chi connectivity index (χ0v) is 11.2. The lowest BCUT2D eigenvalue weighted by Crippen LogP contribution is -2.07. The van der Waals surface area contributed by atoms with Crippen molar-refractivity contribution in [3.8, 4) is 0 Å². The second-order valence-electron chi connectivity index (χ2n) is 4.08. The van der Waals surface area contributed by atoms with E-state index < -0.39 is 5.97 Å². The van der Waals surface area contributed by atoms with Gasteiger partial charge in [-0.1, -0.05) is 18.5 Å². The van der Waals surface area contributed by atoms with Crippen molar-refractivity contribution in [2.75, 3.05) is 7.11 Å². The summed E-state index contributed by atoms with van der Waals surface area (Å²) in [5, 5.41) is 5.27. The standard InChI is InChI=1S/C12H14ClN3O2/c1-4-7(2)16-11-9(10(13)15-16)5-8(6-14-11)12(17)18-3/h5-7H,4H2,1-3H3. The van der Waals surface area contributed by atoms with E-state index in [1.165, 1.54) is 13.3 Å². The van der Waals surface area contributed by atoms with Gasteiger partial charge in [0.05, 0.1) is 24.1 Å². The minimum absolute atomic E-state index is 0.205. The maximum absolute atomic E-state index is 11.4. The van der Waals surface area contributed by atoms with Crippen LogP contribution in [-0.4, -0.2) is 27.8 Å². The smallest absolute Gasteiger partial charge is 0.339 e. The molecule has 5 nitrogen and oxygen atoms in total. The molecule has 0 N–H and O–H groups in total.